The molecule has 0 saturated heterocycles. The van der Waals surface area contributed by atoms with Gasteiger partial charge in [0.1, 0.15) is 0 Å². The number of benzene rings is 11. The molecule has 11 aromatic carbocycles. The van der Waals surface area contributed by atoms with Crippen molar-refractivity contribution < 1.29 is 0 Å². The molecule has 4 nitrogen and oxygen atoms in total. The minimum Gasteiger partial charge on any atom is -0.377 e. The molecule has 6 heteroatoms. The molecule has 0 bridgehead atoms. The molecule has 0 saturated carbocycles. The fourth-order valence-electron chi connectivity index (χ4n) is 11.8. The van der Waals surface area contributed by atoms with Crippen molar-refractivity contribution in [2.45, 2.75) is 0 Å². The van der Waals surface area contributed by atoms with Crippen molar-refractivity contribution in [2.75, 3.05) is 19.5 Å². The predicted octanol–water partition coefficient (Wildman–Crippen LogP) is 13.8. The van der Waals surface area contributed by atoms with Crippen molar-refractivity contribution in [1.82, 2.24) is 0 Å². The zero-order valence-electron chi connectivity index (χ0n) is 39.5. The molecule has 0 amide bonds. The van der Waals surface area contributed by atoms with E-state index in [4.69, 9.17) is 0 Å². The van der Waals surface area contributed by atoms with Gasteiger partial charge in [-0.1, -0.05) is 175 Å². The van der Waals surface area contributed by atoms with Gasteiger partial charge in [-0.25, -0.2) is 0 Å². The Kier molecular flexibility index (Phi) is 10.0. The summed E-state index contributed by atoms with van der Waals surface area (Å²) in [6, 6.07) is 102. The van der Waals surface area contributed by atoms with E-state index in [1.54, 1.807) is 0 Å². The smallest absolute Gasteiger partial charge is 0.329 e. The Morgan fingerprint density at radius 2 is 0.486 bits per heavy atom. The molecule has 0 spiro atoms. The maximum atomic E-state index is 2.67. The van der Waals surface area contributed by atoms with Gasteiger partial charge in [0.15, 0.2) is 0 Å². The lowest BCUT2D eigenvalue weighted by molar-refractivity contribution is 1.25. The third-order valence-corrected chi connectivity index (χ3v) is 14.9. The first-order valence-corrected chi connectivity index (χ1v) is 24.9. The van der Waals surface area contributed by atoms with Crippen LogP contribution in [0.2, 0.25) is 0 Å². The van der Waals surface area contributed by atoms with E-state index in [0.29, 0.717) is 0 Å². The molecule has 11 aromatic rings. The summed E-state index contributed by atoms with van der Waals surface area (Å²) >= 11 is 0. The van der Waals surface area contributed by atoms with E-state index >= 15 is 0 Å². The summed E-state index contributed by atoms with van der Waals surface area (Å²) < 4.78 is 0. The van der Waals surface area contributed by atoms with Crippen LogP contribution in [0, 0.1) is 0 Å². The number of fused-ring (bicyclic) bond motifs is 6. The first kappa shape index (κ1) is 41.7. The maximum absolute atomic E-state index is 2.67. The number of rotatable bonds is 10. The highest BCUT2D eigenvalue weighted by Crippen LogP contribution is 2.47. The van der Waals surface area contributed by atoms with Gasteiger partial charge in [-0.15, -0.1) is 0 Å². The normalized spacial score (nSPS) is 12.4. The molecule has 3 aliphatic rings. The third-order valence-electron chi connectivity index (χ3n) is 14.9. The van der Waals surface area contributed by atoms with Gasteiger partial charge in [0.25, 0.3) is 0 Å². The summed E-state index contributed by atoms with van der Waals surface area (Å²) in [6.45, 7) is 0.126. The molecular formula is C66H46B2N4. The quantitative estimate of drug-likeness (QED) is 0.127. The van der Waals surface area contributed by atoms with Crippen molar-refractivity contribution in [3.05, 3.63) is 279 Å². The van der Waals surface area contributed by atoms with Crippen LogP contribution in [0.15, 0.2) is 279 Å². The van der Waals surface area contributed by atoms with E-state index in [9.17, 15) is 0 Å². The minimum absolute atomic E-state index is 0.0345. The lowest BCUT2D eigenvalue weighted by Gasteiger charge is -2.49. The Labute approximate surface area is 422 Å². The molecule has 0 atom stereocenters. The molecule has 336 valence electrons. The number of anilines is 11. The summed E-state index contributed by atoms with van der Waals surface area (Å²) in [7, 11) is 0. The molecule has 0 unspecified atom stereocenters. The van der Waals surface area contributed by atoms with Gasteiger partial charge in [0, 0.05) is 73.7 Å². The van der Waals surface area contributed by atoms with Crippen LogP contribution < -0.4 is 46.8 Å². The van der Waals surface area contributed by atoms with Gasteiger partial charge in [-0.05, 0) is 142 Å². The van der Waals surface area contributed by atoms with E-state index < -0.39 is 0 Å². The van der Waals surface area contributed by atoms with Gasteiger partial charge in [-0.3, -0.25) is 0 Å². The molecule has 72 heavy (non-hydrogen) atoms. The lowest BCUT2D eigenvalue weighted by Crippen LogP contribution is -2.67. The molecule has 3 heterocycles. The number of nitrogens with zero attached hydrogens (tertiary/aromatic N) is 4. The summed E-state index contributed by atoms with van der Waals surface area (Å²) in [5.74, 6) is 0. The Morgan fingerprint density at radius 3 is 0.833 bits per heavy atom. The van der Waals surface area contributed by atoms with E-state index in [-0.39, 0.29) is 13.6 Å². The molecule has 14 rings (SSSR count). The van der Waals surface area contributed by atoms with Crippen LogP contribution in [0.5, 0.6) is 0 Å². The Balaban J connectivity index is 0.900. The number of hydrogen-bond acceptors (Lipinski definition) is 4. The van der Waals surface area contributed by atoms with Gasteiger partial charge < -0.3 is 19.5 Å². The molecule has 3 aliphatic heterocycles. The standard InChI is InChI=1S/C66H46B2N4/c1-5-19-48(20-6-1)69(49-21-7-2-8-22-49)53-39-43-55(44-40-53)71(56-45-41-54(42-46-56)70(50-23-9-3-10-24-50)51-25-11-4-12-26-51)52-37-35-47(36-38-52)67-63-33-17-29-59-57-27-13-15-31-61(57)68-62-32-16-14-28-58(62)60-30-18-34-64(67)66(60)72(68)65(59)63/h1-46H. The van der Waals surface area contributed by atoms with Crippen LogP contribution in [0.4, 0.5) is 62.6 Å². The first-order valence-electron chi connectivity index (χ1n) is 24.9. The fraction of sp³-hybridized carbons (Fsp3) is 0. The second-order valence-electron chi connectivity index (χ2n) is 18.8. The van der Waals surface area contributed by atoms with Crippen molar-refractivity contribution in [1.29, 1.82) is 0 Å². The van der Waals surface area contributed by atoms with Crippen LogP contribution in [-0.4, -0.2) is 13.6 Å². The highest BCUT2D eigenvalue weighted by molar-refractivity contribution is 7.01. The molecule has 0 aromatic heterocycles. The lowest BCUT2D eigenvalue weighted by atomic mass is 9.32. The maximum Gasteiger partial charge on any atom is 0.329 e. The van der Waals surface area contributed by atoms with Crippen LogP contribution in [-0.2, 0) is 0 Å². The third kappa shape index (κ3) is 6.79. The zero-order chi connectivity index (χ0) is 47.5. The van der Waals surface area contributed by atoms with Crippen LogP contribution >= 0.6 is 0 Å². The average molecular weight is 917 g/mol. The van der Waals surface area contributed by atoms with Crippen molar-refractivity contribution in [3.8, 4) is 22.3 Å². The summed E-state index contributed by atoms with van der Waals surface area (Å²) in [4.78, 5) is 9.69. The summed E-state index contributed by atoms with van der Waals surface area (Å²) in [6.07, 6.45) is 0. The van der Waals surface area contributed by atoms with E-state index in [1.807, 2.05) is 0 Å². The Morgan fingerprint density at radius 1 is 0.222 bits per heavy atom. The van der Waals surface area contributed by atoms with E-state index in [1.165, 1.54) is 60.9 Å². The second kappa shape index (κ2) is 17.3. The van der Waals surface area contributed by atoms with Crippen LogP contribution in [0.25, 0.3) is 22.3 Å². The molecule has 0 aliphatic carbocycles. The molecular weight excluding hydrogens is 870 g/mol. The topological polar surface area (TPSA) is 13.0 Å². The van der Waals surface area contributed by atoms with Gasteiger partial charge in [-0.2, -0.15) is 0 Å². The molecule has 0 radical (unpaired) electrons. The number of hydrogen-bond donors (Lipinski definition) is 0. The van der Waals surface area contributed by atoms with Gasteiger partial charge >= 0.3 is 6.85 Å². The van der Waals surface area contributed by atoms with Crippen molar-refractivity contribution in [2.24, 2.45) is 0 Å². The largest absolute Gasteiger partial charge is 0.377 e. The van der Waals surface area contributed by atoms with E-state index in [0.717, 1.165) is 51.2 Å². The Bertz CT molecular complexity index is 3450. The van der Waals surface area contributed by atoms with Crippen LogP contribution in [0.1, 0.15) is 0 Å². The predicted molar refractivity (Wildman–Crippen MR) is 306 cm³/mol. The van der Waals surface area contributed by atoms with Crippen molar-refractivity contribution in [3.63, 3.8) is 0 Å². The summed E-state index contributed by atoms with van der Waals surface area (Å²) in [5.41, 5.74) is 24.4. The first-order chi connectivity index (χ1) is 35.8. The molecule has 0 N–H and O–H groups in total. The van der Waals surface area contributed by atoms with Crippen LogP contribution in [0.3, 0.4) is 0 Å². The highest BCUT2D eigenvalue weighted by Gasteiger charge is 2.48. The minimum atomic E-state index is 0.0345. The summed E-state index contributed by atoms with van der Waals surface area (Å²) in [5, 5.41) is 0. The van der Waals surface area contributed by atoms with Gasteiger partial charge in [0.2, 0.25) is 6.71 Å². The van der Waals surface area contributed by atoms with E-state index in [2.05, 4.69) is 299 Å². The zero-order valence-corrected chi connectivity index (χ0v) is 39.5. The number of para-hydroxylation sites is 6. The van der Waals surface area contributed by atoms with Crippen molar-refractivity contribution >= 4 is 103 Å². The monoisotopic (exact) mass is 916 g/mol. The second-order valence-corrected chi connectivity index (χ2v) is 18.8. The Hall–Kier alpha value is -9.25. The molecule has 0 fully saturated rings. The highest BCUT2D eigenvalue weighted by atomic mass is 15.2. The fourth-order valence-corrected chi connectivity index (χ4v) is 11.8. The van der Waals surface area contributed by atoms with Gasteiger partial charge in [0.05, 0.1) is 0 Å². The SMILES string of the molecule is c1ccc(N(c2ccccc2)c2ccc(N(c3ccc(B4c5cccc6c5N5B(c7ccccc7-6)c6ccccc6-c6cccc4c65)cc3)c3ccc(N(c4ccccc4)c4ccccc4)cc3)cc2)cc1. The average Bonchev–Trinajstić information content (AvgIpc) is 3.46.